The van der Waals surface area contributed by atoms with Gasteiger partial charge in [0.1, 0.15) is 22.8 Å². The van der Waals surface area contributed by atoms with Crippen molar-refractivity contribution < 1.29 is 34.8 Å². The second kappa shape index (κ2) is 8.89. The van der Waals surface area contributed by atoms with Crippen LogP contribution in [0.15, 0.2) is 53.3 Å². The highest BCUT2D eigenvalue weighted by atomic mass is 16.3. The summed E-state index contributed by atoms with van der Waals surface area (Å²) in [7, 11) is 0. The molecule has 0 aromatic heterocycles. The van der Waals surface area contributed by atoms with E-state index in [-0.39, 0.29) is 22.8 Å². The lowest BCUT2D eigenvalue weighted by Gasteiger charge is -2.64. The van der Waals surface area contributed by atoms with E-state index in [1.807, 2.05) is 58.0 Å². The summed E-state index contributed by atoms with van der Waals surface area (Å²) in [6, 6.07) is 11.2. The van der Waals surface area contributed by atoms with Gasteiger partial charge in [0, 0.05) is 27.9 Å². The summed E-state index contributed by atoms with van der Waals surface area (Å²) in [5.41, 5.74) is -3.03. The number of fused-ring (bicyclic) bond motifs is 3. The van der Waals surface area contributed by atoms with Crippen LogP contribution in [0.2, 0.25) is 0 Å². The molecule has 7 heteroatoms. The fourth-order valence-corrected chi connectivity index (χ4v) is 8.33. The third-order valence-electron chi connectivity index (χ3n) is 10.9. The van der Waals surface area contributed by atoms with Crippen LogP contribution in [0.3, 0.4) is 0 Å². The monoisotopic (exact) mass is 558 g/mol. The van der Waals surface area contributed by atoms with Crippen LogP contribution >= 0.6 is 0 Å². The van der Waals surface area contributed by atoms with E-state index in [0.717, 1.165) is 18.1 Å². The van der Waals surface area contributed by atoms with Gasteiger partial charge in [0.15, 0.2) is 17.2 Å². The number of hydrogen-bond donors (Lipinski definition) is 4. The topological polar surface area (TPSA) is 132 Å². The Hall–Kier alpha value is -3.71. The molecule has 2 aromatic rings. The molecule has 216 valence electrons. The Balaban J connectivity index is 1.86. The maximum absolute atomic E-state index is 14.6. The quantitative estimate of drug-likeness (QED) is 0.341. The third kappa shape index (κ3) is 3.27. The Bertz CT molecular complexity index is 1590. The van der Waals surface area contributed by atoms with Crippen molar-refractivity contribution in [3.8, 4) is 16.9 Å². The first kappa shape index (κ1) is 28.8. The van der Waals surface area contributed by atoms with E-state index in [1.54, 1.807) is 26.8 Å². The number of phenolic OH excluding ortho intramolecular Hbond substituents is 1. The van der Waals surface area contributed by atoms with Crippen LogP contribution in [-0.4, -0.2) is 43.4 Å². The molecule has 0 spiro atoms. The van der Waals surface area contributed by atoms with Crippen molar-refractivity contribution in [2.75, 3.05) is 0 Å². The predicted octanol–water partition coefficient (Wildman–Crippen LogP) is 5.97. The molecule has 0 saturated heterocycles. The Morgan fingerprint density at radius 2 is 1.54 bits per heavy atom. The van der Waals surface area contributed by atoms with Crippen molar-refractivity contribution in [3.05, 3.63) is 70.0 Å². The van der Waals surface area contributed by atoms with E-state index in [4.69, 9.17) is 0 Å². The summed E-state index contributed by atoms with van der Waals surface area (Å²) in [5.74, 6) is -6.39. The lowest BCUT2D eigenvalue weighted by atomic mass is 9.38. The van der Waals surface area contributed by atoms with Gasteiger partial charge in [-0.25, -0.2) is 0 Å². The number of hydrogen-bond acceptors (Lipinski definition) is 7. The van der Waals surface area contributed by atoms with Gasteiger partial charge in [-0.05, 0) is 42.7 Å². The number of aliphatic hydroxyl groups is 3. The van der Waals surface area contributed by atoms with Gasteiger partial charge in [-0.3, -0.25) is 14.4 Å². The first-order chi connectivity index (χ1) is 19.0. The number of carbonyl (C=O) groups is 3. The van der Waals surface area contributed by atoms with Crippen molar-refractivity contribution in [1.82, 2.24) is 0 Å². The molecule has 0 heterocycles. The van der Waals surface area contributed by atoms with Gasteiger partial charge < -0.3 is 20.4 Å². The Morgan fingerprint density at radius 1 is 0.951 bits per heavy atom. The molecule has 7 nitrogen and oxygen atoms in total. The first-order valence-electron chi connectivity index (χ1n) is 14.1. The highest BCUT2D eigenvalue weighted by molar-refractivity contribution is 6.24. The van der Waals surface area contributed by atoms with Crippen molar-refractivity contribution in [2.24, 2.45) is 28.6 Å². The van der Waals surface area contributed by atoms with E-state index in [0.29, 0.717) is 11.1 Å². The van der Waals surface area contributed by atoms with E-state index in [9.17, 15) is 34.8 Å². The number of phenols is 1. The number of ketones is 3. The van der Waals surface area contributed by atoms with Crippen LogP contribution in [0.25, 0.3) is 16.9 Å². The van der Waals surface area contributed by atoms with E-state index in [1.165, 1.54) is 0 Å². The number of carbonyl (C=O) groups excluding carboxylic acids is 3. The highest BCUT2D eigenvalue weighted by Gasteiger charge is 2.75. The average molecular weight is 559 g/mol. The molecule has 0 radical (unpaired) electrons. The fourth-order valence-electron chi connectivity index (χ4n) is 8.33. The second-order valence-electron chi connectivity index (χ2n) is 12.9. The molecule has 3 aliphatic carbocycles. The van der Waals surface area contributed by atoms with Gasteiger partial charge >= 0.3 is 0 Å². The SMILES string of the molecule is CC(=O)C1=C(O)[C@]2(O)C(=O)C3=C(O)c4c(ccc(-c5ccc(C)cc5)c4O)[C@@H](C)[C@]3(C)[C@@H](C)[C@]2(C)C(C(C)C)C1=O. The van der Waals surface area contributed by atoms with E-state index < -0.39 is 68.6 Å². The van der Waals surface area contributed by atoms with E-state index in [2.05, 4.69) is 0 Å². The zero-order valence-corrected chi connectivity index (χ0v) is 24.8. The number of rotatable bonds is 3. The molecule has 2 aromatic carbocycles. The average Bonchev–Trinajstić information content (AvgIpc) is 2.89. The molecule has 5 rings (SSSR count). The zero-order valence-electron chi connectivity index (χ0n) is 24.8. The fraction of sp³-hybridized carbons (Fsp3) is 0.441. The minimum absolute atomic E-state index is 0.0957. The highest BCUT2D eigenvalue weighted by Crippen LogP contribution is 2.70. The second-order valence-corrected chi connectivity index (χ2v) is 12.9. The molecule has 1 unspecified atom stereocenters. The van der Waals surface area contributed by atoms with Gasteiger partial charge in [-0.2, -0.15) is 0 Å². The number of aromatic hydroxyl groups is 1. The number of Topliss-reactive ketones (excluding diaryl/α,β-unsaturated/α-hetero) is 3. The van der Waals surface area contributed by atoms with Crippen molar-refractivity contribution in [3.63, 3.8) is 0 Å². The molecule has 0 bridgehead atoms. The van der Waals surface area contributed by atoms with Crippen LogP contribution in [0.1, 0.15) is 71.1 Å². The van der Waals surface area contributed by atoms with Crippen molar-refractivity contribution >= 4 is 23.1 Å². The number of aryl methyl sites for hydroxylation is 1. The summed E-state index contributed by atoms with van der Waals surface area (Å²) >= 11 is 0. The molecule has 0 aliphatic heterocycles. The van der Waals surface area contributed by atoms with Gasteiger partial charge in [0.05, 0.1) is 5.56 Å². The van der Waals surface area contributed by atoms with Crippen LogP contribution in [0, 0.1) is 35.5 Å². The predicted molar refractivity (Wildman–Crippen MR) is 155 cm³/mol. The summed E-state index contributed by atoms with van der Waals surface area (Å²) in [4.78, 5) is 41.0. The Labute approximate surface area is 240 Å². The lowest BCUT2D eigenvalue weighted by Crippen LogP contribution is -2.72. The number of allylic oxidation sites excluding steroid dienone is 1. The molecular formula is C34H38O7. The molecule has 6 atom stereocenters. The smallest absolute Gasteiger partial charge is 0.203 e. The Morgan fingerprint density at radius 3 is 2.07 bits per heavy atom. The van der Waals surface area contributed by atoms with Gasteiger partial charge in [-0.15, -0.1) is 0 Å². The van der Waals surface area contributed by atoms with Crippen LogP contribution < -0.4 is 0 Å². The number of benzene rings is 2. The molecule has 41 heavy (non-hydrogen) atoms. The van der Waals surface area contributed by atoms with Crippen LogP contribution in [0.5, 0.6) is 5.75 Å². The van der Waals surface area contributed by atoms with E-state index >= 15 is 0 Å². The maximum Gasteiger partial charge on any atom is 0.203 e. The molecule has 1 fully saturated rings. The largest absolute Gasteiger partial charge is 0.508 e. The van der Waals surface area contributed by atoms with Gasteiger partial charge in [0.25, 0.3) is 0 Å². The normalized spacial score (nSPS) is 33.1. The zero-order chi connectivity index (χ0) is 30.6. The molecule has 0 amide bonds. The summed E-state index contributed by atoms with van der Waals surface area (Å²) < 4.78 is 0. The standard InChI is InChI=1S/C34H38O7/c1-15(2)25-28(37)23(18(5)35)30(39)34(41)31(40)26-29(38)24-21(17(4)32(26,7)19(6)33(25,34)8)13-14-22(27(24)36)20-11-9-16(3)10-12-20/h9-15,17,19,25,36,38-39,41H,1-8H3/t17-,19-,25?,32-,33-,34+/m1/s1. The van der Waals surface area contributed by atoms with Gasteiger partial charge in [-0.1, -0.05) is 83.5 Å². The molecule has 1 saturated carbocycles. The summed E-state index contributed by atoms with van der Waals surface area (Å²) in [5, 5.41) is 47.2. The Kier molecular flexibility index (Phi) is 6.25. The number of aliphatic hydroxyl groups excluding tert-OH is 2. The first-order valence-corrected chi connectivity index (χ1v) is 14.1. The third-order valence-corrected chi connectivity index (χ3v) is 10.9. The summed E-state index contributed by atoms with van der Waals surface area (Å²) in [6.07, 6.45) is 0. The minimum Gasteiger partial charge on any atom is -0.508 e. The maximum atomic E-state index is 14.6. The minimum atomic E-state index is -2.65. The molecule has 3 aliphatic rings. The van der Waals surface area contributed by atoms with Gasteiger partial charge in [0.2, 0.25) is 5.78 Å². The summed E-state index contributed by atoms with van der Waals surface area (Å²) in [6.45, 7) is 13.8. The lowest BCUT2D eigenvalue weighted by molar-refractivity contribution is -0.195. The van der Waals surface area contributed by atoms with Crippen molar-refractivity contribution in [1.29, 1.82) is 0 Å². The van der Waals surface area contributed by atoms with Crippen LogP contribution in [0.4, 0.5) is 0 Å². The van der Waals surface area contributed by atoms with Crippen molar-refractivity contribution in [2.45, 2.75) is 66.9 Å². The molecule has 4 N–H and O–H groups in total. The molecular weight excluding hydrogens is 520 g/mol. The van der Waals surface area contributed by atoms with Crippen LogP contribution in [-0.2, 0) is 14.4 Å².